The zero-order valence-corrected chi connectivity index (χ0v) is 12.8. The van der Waals surface area contributed by atoms with Crippen LogP contribution in [0, 0.1) is 6.92 Å². The Bertz CT molecular complexity index is 611. The summed E-state index contributed by atoms with van der Waals surface area (Å²) >= 11 is 0. The number of hydrogen-bond donors (Lipinski definition) is 1. The average molecular weight is 313 g/mol. The molecule has 2 atom stereocenters. The van der Waals surface area contributed by atoms with Gasteiger partial charge in [0.2, 0.25) is 0 Å². The lowest BCUT2D eigenvalue weighted by Gasteiger charge is -2.35. The number of piperidine rings is 1. The van der Waals surface area contributed by atoms with Crippen molar-refractivity contribution in [2.75, 3.05) is 6.54 Å². The van der Waals surface area contributed by atoms with E-state index in [0.717, 1.165) is 5.56 Å². The van der Waals surface area contributed by atoms with E-state index in [1.165, 1.54) is 17.0 Å². The van der Waals surface area contributed by atoms with Crippen LogP contribution in [0.3, 0.4) is 0 Å². The van der Waals surface area contributed by atoms with Crippen LogP contribution in [-0.2, 0) is 14.3 Å². The molecule has 1 N–H and O–H groups in total. The van der Waals surface area contributed by atoms with E-state index in [1.807, 2.05) is 6.92 Å². The minimum Gasteiger partial charge on any atom is -0.465 e. The molecule has 0 spiro atoms. The Kier molecular flexibility index (Phi) is 4.53. The van der Waals surface area contributed by atoms with Gasteiger partial charge in [-0.15, -0.1) is 0 Å². The quantitative estimate of drug-likeness (QED) is 0.865. The van der Waals surface area contributed by atoms with Gasteiger partial charge in [0.1, 0.15) is 0 Å². The first-order valence-corrected chi connectivity index (χ1v) is 8.20. The van der Waals surface area contributed by atoms with E-state index in [9.17, 15) is 13.2 Å². The fourth-order valence-corrected chi connectivity index (χ4v) is 3.55. The molecule has 6 nitrogen and oxygen atoms in total. The first kappa shape index (κ1) is 15.8. The lowest BCUT2D eigenvalue weighted by Crippen LogP contribution is -2.46. The summed E-state index contributed by atoms with van der Waals surface area (Å²) in [6, 6.07) is 6.20. The number of nitrogens with zero attached hydrogens (tertiary/aromatic N) is 1. The van der Waals surface area contributed by atoms with Crippen molar-refractivity contribution in [2.24, 2.45) is 0 Å². The van der Waals surface area contributed by atoms with Crippen LogP contribution < -0.4 is 0 Å². The van der Waals surface area contributed by atoms with Crippen LogP contribution in [0.4, 0.5) is 4.79 Å². The molecule has 1 aromatic rings. The van der Waals surface area contributed by atoms with Crippen molar-refractivity contribution in [3.8, 4) is 0 Å². The molecule has 7 heteroatoms. The number of carboxylic acid groups (broad SMARTS) is 1. The highest BCUT2D eigenvalue weighted by molar-refractivity contribution is 7.86. The highest BCUT2D eigenvalue weighted by Gasteiger charge is 2.32. The zero-order valence-electron chi connectivity index (χ0n) is 12.0. The van der Waals surface area contributed by atoms with Crippen molar-refractivity contribution in [2.45, 2.75) is 43.7 Å². The van der Waals surface area contributed by atoms with Gasteiger partial charge in [-0.2, -0.15) is 8.42 Å². The van der Waals surface area contributed by atoms with Gasteiger partial charge in [-0.1, -0.05) is 17.7 Å². The van der Waals surface area contributed by atoms with E-state index < -0.39 is 22.3 Å². The lowest BCUT2D eigenvalue weighted by atomic mass is 10.0. The molecule has 0 bridgehead atoms. The van der Waals surface area contributed by atoms with E-state index in [2.05, 4.69) is 0 Å². The zero-order chi connectivity index (χ0) is 15.6. The number of benzene rings is 1. The molecule has 1 saturated heterocycles. The van der Waals surface area contributed by atoms with Crippen LogP contribution in [0.2, 0.25) is 0 Å². The van der Waals surface area contributed by atoms with Gasteiger partial charge in [-0.25, -0.2) is 4.79 Å². The van der Waals surface area contributed by atoms with Crippen LogP contribution in [-0.4, -0.2) is 43.2 Å². The molecule has 0 radical (unpaired) electrons. The predicted molar refractivity (Wildman–Crippen MR) is 76.7 cm³/mol. The van der Waals surface area contributed by atoms with Gasteiger partial charge in [0.25, 0.3) is 10.1 Å². The van der Waals surface area contributed by atoms with Crippen LogP contribution in [0.15, 0.2) is 29.2 Å². The minimum absolute atomic E-state index is 0.126. The molecular weight excluding hydrogens is 294 g/mol. The molecule has 1 heterocycles. The smallest absolute Gasteiger partial charge is 0.407 e. The molecule has 21 heavy (non-hydrogen) atoms. The largest absolute Gasteiger partial charge is 0.465 e. The second kappa shape index (κ2) is 6.03. The van der Waals surface area contributed by atoms with Crippen molar-refractivity contribution in [1.29, 1.82) is 0 Å². The standard InChI is InChI=1S/C14H19NO5S/c1-10-3-5-13(6-4-10)21(18,19)20-12-7-8-15(14(16)17)11(2)9-12/h3-6,11-12H,7-9H2,1-2H3,(H,16,17)/t11-,12-/m1/s1. The monoisotopic (exact) mass is 313 g/mol. The van der Waals surface area contributed by atoms with Gasteiger partial charge in [-0.05, 0) is 38.8 Å². The molecule has 1 aromatic carbocycles. The van der Waals surface area contributed by atoms with Crippen LogP contribution >= 0.6 is 0 Å². The van der Waals surface area contributed by atoms with Crippen molar-refractivity contribution < 1.29 is 22.5 Å². The summed E-state index contributed by atoms with van der Waals surface area (Å²) in [6.45, 7) is 3.91. The summed E-state index contributed by atoms with van der Waals surface area (Å²) in [7, 11) is -3.80. The van der Waals surface area contributed by atoms with Gasteiger partial charge in [0, 0.05) is 12.6 Å². The number of carbonyl (C=O) groups is 1. The maximum atomic E-state index is 12.2. The average Bonchev–Trinajstić information content (AvgIpc) is 2.38. The Morgan fingerprint density at radius 2 is 1.95 bits per heavy atom. The van der Waals surface area contributed by atoms with E-state index in [4.69, 9.17) is 9.29 Å². The molecule has 1 amide bonds. The molecular formula is C14H19NO5S. The third kappa shape index (κ3) is 3.74. The molecule has 2 rings (SSSR count). The van der Waals surface area contributed by atoms with Crippen LogP contribution in [0.25, 0.3) is 0 Å². The maximum absolute atomic E-state index is 12.2. The molecule has 0 aliphatic carbocycles. The first-order chi connectivity index (χ1) is 9.79. The van der Waals surface area contributed by atoms with Crippen molar-refractivity contribution in [1.82, 2.24) is 4.90 Å². The minimum atomic E-state index is -3.80. The van der Waals surface area contributed by atoms with E-state index in [-0.39, 0.29) is 17.5 Å². The van der Waals surface area contributed by atoms with Gasteiger partial charge in [0.05, 0.1) is 11.0 Å². The fraction of sp³-hybridized carbons (Fsp3) is 0.500. The van der Waals surface area contributed by atoms with Gasteiger partial charge >= 0.3 is 6.09 Å². The Labute approximate surface area is 124 Å². The number of rotatable bonds is 3. The Balaban J connectivity index is 2.05. The Hall–Kier alpha value is -1.60. The predicted octanol–water partition coefficient (Wildman–Crippen LogP) is 2.23. The van der Waals surface area contributed by atoms with Crippen molar-refractivity contribution in [3.63, 3.8) is 0 Å². The van der Waals surface area contributed by atoms with Crippen molar-refractivity contribution >= 4 is 16.2 Å². The van der Waals surface area contributed by atoms with E-state index in [1.54, 1.807) is 19.1 Å². The second-order valence-electron chi connectivity index (χ2n) is 5.33. The number of likely N-dealkylation sites (tertiary alicyclic amines) is 1. The molecule has 1 fully saturated rings. The highest BCUT2D eigenvalue weighted by Crippen LogP contribution is 2.24. The van der Waals surface area contributed by atoms with Gasteiger partial charge in [0.15, 0.2) is 0 Å². The summed E-state index contributed by atoms with van der Waals surface area (Å²) in [5.41, 5.74) is 0.970. The molecule has 0 saturated carbocycles. The Morgan fingerprint density at radius 3 is 2.48 bits per heavy atom. The third-order valence-electron chi connectivity index (χ3n) is 3.65. The summed E-state index contributed by atoms with van der Waals surface area (Å²) in [6.07, 6.45) is -0.719. The second-order valence-corrected chi connectivity index (χ2v) is 6.91. The molecule has 1 aliphatic heterocycles. The van der Waals surface area contributed by atoms with Crippen molar-refractivity contribution in [3.05, 3.63) is 29.8 Å². The topological polar surface area (TPSA) is 83.9 Å². The molecule has 1 aliphatic rings. The van der Waals surface area contributed by atoms with E-state index in [0.29, 0.717) is 12.8 Å². The molecule has 116 valence electrons. The maximum Gasteiger partial charge on any atom is 0.407 e. The van der Waals surface area contributed by atoms with Crippen LogP contribution in [0.1, 0.15) is 25.3 Å². The summed E-state index contributed by atoms with van der Waals surface area (Å²) in [5, 5.41) is 9.00. The Morgan fingerprint density at radius 1 is 1.33 bits per heavy atom. The van der Waals surface area contributed by atoms with Gasteiger partial charge < -0.3 is 10.0 Å². The summed E-state index contributed by atoms with van der Waals surface area (Å²) in [5.74, 6) is 0. The van der Waals surface area contributed by atoms with E-state index >= 15 is 0 Å². The highest BCUT2D eigenvalue weighted by atomic mass is 32.2. The number of aryl methyl sites for hydroxylation is 1. The van der Waals surface area contributed by atoms with Crippen LogP contribution in [0.5, 0.6) is 0 Å². The lowest BCUT2D eigenvalue weighted by molar-refractivity contribution is 0.0636. The third-order valence-corrected chi connectivity index (χ3v) is 5.02. The first-order valence-electron chi connectivity index (χ1n) is 6.79. The molecule has 0 unspecified atom stereocenters. The fourth-order valence-electron chi connectivity index (χ4n) is 2.44. The summed E-state index contributed by atoms with van der Waals surface area (Å²) in [4.78, 5) is 12.4. The summed E-state index contributed by atoms with van der Waals surface area (Å²) < 4.78 is 29.6. The SMILES string of the molecule is Cc1ccc(S(=O)(=O)O[C@@H]2CCN(C(=O)O)[C@H](C)C2)cc1. The molecule has 0 aromatic heterocycles. The normalized spacial score (nSPS) is 23.0. The number of hydrogen-bond acceptors (Lipinski definition) is 4. The number of amides is 1. The van der Waals surface area contributed by atoms with Gasteiger partial charge in [-0.3, -0.25) is 4.18 Å².